The summed E-state index contributed by atoms with van der Waals surface area (Å²) in [6.45, 7) is -0.811. The van der Waals surface area contributed by atoms with Gasteiger partial charge in [0.05, 0.1) is 17.9 Å². The van der Waals surface area contributed by atoms with E-state index in [0.29, 0.717) is 27.5 Å². The van der Waals surface area contributed by atoms with Crippen LogP contribution in [0.1, 0.15) is 27.9 Å². The average molecular weight is 517 g/mol. The normalized spacial score (nSPS) is 13.8. The molecule has 4 N–H and O–H groups in total. The number of fused-ring (bicyclic) bond motifs is 1. The minimum atomic E-state index is -1.14. The van der Waals surface area contributed by atoms with Crippen molar-refractivity contribution in [2.45, 2.75) is 25.4 Å². The molecule has 0 radical (unpaired) electrons. The minimum Gasteiger partial charge on any atom is -0.394 e. The summed E-state index contributed by atoms with van der Waals surface area (Å²) >= 11 is 1.99. The second-order valence-electron chi connectivity index (χ2n) is 6.73. The Morgan fingerprint density at radius 2 is 2.10 bits per heavy atom. The van der Waals surface area contributed by atoms with Crippen LogP contribution in [0, 0.1) is 9.39 Å². The van der Waals surface area contributed by atoms with Crippen LogP contribution in [-0.4, -0.2) is 40.0 Å². The number of carbonyl (C=O) groups excluding carboxylic acids is 1. The molecule has 29 heavy (non-hydrogen) atoms. The third kappa shape index (κ3) is 4.60. The molecule has 156 valence electrons. The van der Waals surface area contributed by atoms with Gasteiger partial charge in [-0.3, -0.25) is 19.0 Å². The zero-order chi connectivity index (χ0) is 21.1. The lowest BCUT2D eigenvalue weighted by Gasteiger charge is -2.20. The van der Waals surface area contributed by atoms with Gasteiger partial charge in [0.2, 0.25) is 0 Å². The Balaban J connectivity index is 2.01. The van der Waals surface area contributed by atoms with Gasteiger partial charge in [-0.15, -0.1) is 0 Å². The van der Waals surface area contributed by atoms with Gasteiger partial charge in [-0.05, 0) is 65.6 Å². The summed E-state index contributed by atoms with van der Waals surface area (Å²) in [6.07, 6.45) is 0.692. The Morgan fingerprint density at radius 1 is 1.38 bits per heavy atom. The molecular weight excluding hydrogens is 496 g/mol. The lowest BCUT2D eigenvalue weighted by molar-refractivity contribution is -0.0295. The Kier molecular flexibility index (Phi) is 6.88. The minimum absolute atomic E-state index is 0.129. The number of aromatic nitrogens is 1. The maximum Gasteiger partial charge on any atom is 0.278 e. The van der Waals surface area contributed by atoms with Crippen LogP contribution in [0.4, 0.5) is 15.9 Å². The molecule has 3 rings (SSSR count). The fraction of sp³-hybridized carbons (Fsp3) is 0.368. The fourth-order valence-corrected chi connectivity index (χ4v) is 3.74. The topological polar surface area (TPSA) is 113 Å². The SMILES string of the molecule is Cn1c(Nc2ccc(I)cc2F)c(C(=O)NOCC(O)CO)c2c(c1=O)CCC2. The molecule has 1 aromatic carbocycles. The van der Waals surface area contributed by atoms with E-state index in [4.69, 9.17) is 9.94 Å². The highest BCUT2D eigenvalue weighted by Gasteiger charge is 2.28. The number of halogens is 2. The Morgan fingerprint density at radius 3 is 2.79 bits per heavy atom. The van der Waals surface area contributed by atoms with Gasteiger partial charge in [0.1, 0.15) is 24.3 Å². The van der Waals surface area contributed by atoms with Crippen molar-refractivity contribution in [1.29, 1.82) is 0 Å². The summed E-state index contributed by atoms with van der Waals surface area (Å²) in [5, 5.41) is 21.1. The van der Waals surface area contributed by atoms with Crippen molar-refractivity contribution in [1.82, 2.24) is 10.0 Å². The molecule has 0 spiro atoms. The summed E-state index contributed by atoms with van der Waals surface area (Å²) in [6, 6.07) is 4.58. The monoisotopic (exact) mass is 517 g/mol. The molecule has 0 saturated heterocycles. The molecule has 1 unspecified atom stereocenters. The van der Waals surface area contributed by atoms with Crippen LogP contribution in [0.3, 0.4) is 0 Å². The summed E-state index contributed by atoms with van der Waals surface area (Å²) in [5.41, 5.74) is 3.47. The van der Waals surface area contributed by atoms with Crippen LogP contribution in [0.25, 0.3) is 0 Å². The number of anilines is 2. The van der Waals surface area contributed by atoms with Crippen molar-refractivity contribution in [2.75, 3.05) is 18.5 Å². The van der Waals surface area contributed by atoms with Crippen molar-refractivity contribution < 1.29 is 24.2 Å². The van der Waals surface area contributed by atoms with Gasteiger partial charge in [0, 0.05) is 16.2 Å². The second kappa shape index (κ2) is 9.20. The first kappa shape index (κ1) is 21.7. The number of aliphatic hydroxyl groups excluding tert-OH is 2. The quantitative estimate of drug-likeness (QED) is 0.326. The summed E-state index contributed by atoms with van der Waals surface area (Å²) < 4.78 is 16.4. The van der Waals surface area contributed by atoms with E-state index in [1.54, 1.807) is 6.07 Å². The van der Waals surface area contributed by atoms with Crippen LogP contribution in [0.5, 0.6) is 0 Å². The molecule has 1 aliphatic rings. The number of benzene rings is 1. The van der Waals surface area contributed by atoms with E-state index in [1.165, 1.54) is 23.7 Å². The van der Waals surface area contributed by atoms with Crippen LogP contribution in [0.15, 0.2) is 23.0 Å². The zero-order valence-corrected chi connectivity index (χ0v) is 17.8. The highest BCUT2D eigenvalue weighted by molar-refractivity contribution is 14.1. The van der Waals surface area contributed by atoms with Gasteiger partial charge in [0.15, 0.2) is 0 Å². The zero-order valence-electron chi connectivity index (χ0n) is 15.7. The molecule has 8 nitrogen and oxygen atoms in total. The first-order valence-electron chi connectivity index (χ1n) is 9.01. The molecule has 1 atom stereocenters. The van der Waals surface area contributed by atoms with E-state index in [-0.39, 0.29) is 29.2 Å². The van der Waals surface area contributed by atoms with E-state index < -0.39 is 24.4 Å². The summed E-state index contributed by atoms with van der Waals surface area (Å²) in [4.78, 5) is 30.6. The number of carbonyl (C=O) groups is 1. The van der Waals surface area contributed by atoms with Gasteiger partial charge in [-0.1, -0.05) is 0 Å². The number of nitrogens with zero attached hydrogens (tertiary/aromatic N) is 1. The molecule has 0 bridgehead atoms. The molecule has 1 amide bonds. The van der Waals surface area contributed by atoms with Crippen molar-refractivity contribution in [3.8, 4) is 0 Å². The Hall–Kier alpha value is -2.02. The number of hydroxylamine groups is 1. The Labute approximate surface area is 179 Å². The van der Waals surface area contributed by atoms with E-state index >= 15 is 0 Å². The number of pyridine rings is 1. The average Bonchev–Trinajstić information content (AvgIpc) is 3.17. The lowest BCUT2D eigenvalue weighted by Crippen LogP contribution is -2.33. The highest BCUT2D eigenvalue weighted by Crippen LogP contribution is 2.30. The van der Waals surface area contributed by atoms with Crippen LogP contribution in [0.2, 0.25) is 0 Å². The van der Waals surface area contributed by atoms with Crippen molar-refractivity contribution in [3.05, 3.63) is 54.6 Å². The molecule has 10 heteroatoms. The molecule has 1 aliphatic carbocycles. The van der Waals surface area contributed by atoms with Crippen LogP contribution < -0.4 is 16.4 Å². The van der Waals surface area contributed by atoms with Crippen molar-refractivity contribution in [3.63, 3.8) is 0 Å². The predicted molar refractivity (Wildman–Crippen MR) is 113 cm³/mol. The summed E-state index contributed by atoms with van der Waals surface area (Å²) in [7, 11) is 1.51. The molecule has 0 saturated carbocycles. The van der Waals surface area contributed by atoms with E-state index in [0.717, 1.165) is 6.42 Å². The summed E-state index contributed by atoms with van der Waals surface area (Å²) in [5.74, 6) is -0.990. The standard InChI is InChI=1S/C19H21FIN3O5/c1-24-17(22-15-6-5-10(21)7-14(15)20)16(12-3-2-4-13(12)19(24)28)18(27)23-29-9-11(26)8-25/h5-7,11,22,25-26H,2-4,8-9H2,1H3,(H,23,27). The number of hydrogen-bond donors (Lipinski definition) is 4. The van der Waals surface area contributed by atoms with Crippen LogP contribution in [-0.2, 0) is 24.7 Å². The van der Waals surface area contributed by atoms with Gasteiger partial charge in [0.25, 0.3) is 11.5 Å². The van der Waals surface area contributed by atoms with Crippen molar-refractivity contribution >= 4 is 40.0 Å². The first-order valence-corrected chi connectivity index (χ1v) is 10.1. The largest absolute Gasteiger partial charge is 0.394 e. The van der Waals surface area contributed by atoms with E-state index in [9.17, 15) is 19.1 Å². The van der Waals surface area contributed by atoms with Gasteiger partial charge in [-0.25, -0.2) is 9.87 Å². The van der Waals surface area contributed by atoms with Gasteiger partial charge in [-0.2, -0.15) is 0 Å². The van der Waals surface area contributed by atoms with E-state index in [2.05, 4.69) is 10.8 Å². The fourth-order valence-electron chi connectivity index (χ4n) is 3.29. The van der Waals surface area contributed by atoms with Crippen molar-refractivity contribution in [2.24, 2.45) is 7.05 Å². The maximum atomic E-state index is 14.4. The predicted octanol–water partition coefficient (Wildman–Crippen LogP) is 1.38. The number of hydrogen-bond acceptors (Lipinski definition) is 6. The third-order valence-corrected chi connectivity index (χ3v) is 5.39. The van der Waals surface area contributed by atoms with E-state index in [1.807, 2.05) is 22.6 Å². The highest BCUT2D eigenvalue weighted by atomic mass is 127. The molecule has 1 aromatic heterocycles. The second-order valence-corrected chi connectivity index (χ2v) is 7.97. The number of aliphatic hydroxyl groups is 2. The Bertz CT molecular complexity index is 995. The molecule has 2 aromatic rings. The smallest absolute Gasteiger partial charge is 0.278 e. The van der Waals surface area contributed by atoms with Gasteiger partial charge >= 0.3 is 0 Å². The maximum absolute atomic E-state index is 14.4. The molecule has 0 aliphatic heterocycles. The van der Waals surface area contributed by atoms with Crippen LogP contribution >= 0.6 is 22.6 Å². The lowest BCUT2D eigenvalue weighted by atomic mass is 10.0. The number of rotatable bonds is 7. The van der Waals surface area contributed by atoms with Gasteiger partial charge < -0.3 is 15.5 Å². The molecular formula is C19H21FIN3O5. The first-order chi connectivity index (χ1) is 13.8. The molecule has 0 fully saturated rings. The number of amides is 1. The molecule has 1 heterocycles. The number of nitrogens with one attached hydrogen (secondary N) is 2. The third-order valence-electron chi connectivity index (χ3n) is 4.72.